The Bertz CT molecular complexity index is 1010. The number of allylic oxidation sites excluding steroid dienone is 14. The van der Waals surface area contributed by atoms with E-state index in [2.05, 4.69) is 6.08 Å². The first-order chi connectivity index (χ1) is 15.8. The second-order valence-corrected chi connectivity index (χ2v) is 9.53. The third-order valence-electron chi connectivity index (χ3n) is 6.86. The van der Waals surface area contributed by atoms with Crippen LogP contribution in [0.5, 0.6) is 0 Å². The molecular weight excluding hydrogens is 408 g/mol. The van der Waals surface area contributed by atoms with Crippen LogP contribution in [0.4, 0.5) is 0 Å². The predicted molar refractivity (Wildman–Crippen MR) is 135 cm³/mol. The summed E-state index contributed by atoms with van der Waals surface area (Å²) in [6.07, 6.45) is 23.8. The molecule has 33 heavy (non-hydrogen) atoms. The molecule has 0 aromatic heterocycles. The first-order valence-electron chi connectivity index (χ1n) is 12.2. The summed E-state index contributed by atoms with van der Waals surface area (Å²) >= 11 is 0. The molecule has 1 saturated carbocycles. The van der Waals surface area contributed by atoms with Gasteiger partial charge in [-0.25, -0.2) is 0 Å². The fourth-order valence-electron chi connectivity index (χ4n) is 4.92. The van der Waals surface area contributed by atoms with Gasteiger partial charge in [-0.2, -0.15) is 0 Å². The highest BCUT2D eigenvalue weighted by atomic mass is 16.1. The third-order valence-corrected chi connectivity index (χ3v) is 6.86. The van der Waals surface area contributed by atoms with Gasteiger partial charge >= 0.3 is 0 Å². The molecule has 0 amide bonds. The van der Waals surface area contributed by atoms with Crippen LogP contribution in [0.15, 0.2) is 82.0 Å². The van der Waals surface area contributed by atoms with Crippen LogP contribution >= 0.6 is 0 Å². The molecule has 0 bridgehead atoms. The predicted octanol–water partition coefficient (Wildman–Crippen LogP) is 7.04. The molecule has 1 atom stereocenters. The zero-order valence-electron chi connectivity index (χ0n) is 20.3. The summed E-state index contributed by atoms with van der Waals surface area (Å²) in [6.45, 7) is 5.22. The highest BCUT2D eigenvalue weighted by Gasteiger charge is 2.22. The van der Waals surface area contributed by atoms with Crippen LogP contribution in [-0.2, 0) is 14.4 Å². The van der Waals surface area contributed by atoms with Crippen LogP contribution in [-0.4, -0.2) is 17.3 Å². The average molecular weight is 445 g/mol. The molecule has 1 unspecified atom stereocenters. The van der Waals surface area contributed by atoms with E-state index >= 15 is 0 Å². The second kappa shape index (κ2) is 11.9. The Hall–Kier alpha value is -2.81. The summed E-state index contributed by atoms with van der Waals surface area (Å²) in [4.78, 5) is 37.1. The molecule has 3 aliphatic carbocycles. The maximum atomic E-state index is 12.6. The van der Waals surface area contributed by atoms with Gasteiger partial charge in [-0.1, -0.05) is 60.1 Å². The molecule has 0 N–H and O–H groups in total. The molecule has 0 heterocycles. The monoisotopic (exact) mass is 444 g/mol. The van der Waals surface area contributed by atoms with Crippen LogP contribution in [0, 0.1) is 5.92 Å². The van der Waals surface area contributed by atoms with E-state index in [9.17, 15) is 14.4 Å². The highest BCUT2D eigenvalue weighted by Crippen LogP contribution is 2.35. The molecule has 0 aliphatic heterocycles. The van der Waals surface area contributed by atoms with Gasteiger partial charge in [0.25, 0.3) is 0 Å². The minimum Gasteiger partial charge on any atom is -0.295 e. The number of Topliss-reactive ketones (excluding diaryl/α,β-unsaturated/α-hetero) is 2. The normalized spacial score (nSPS) is 23.5. The Morgan fingerprint density at radius 1 is 0.970 bits per heavy atom. The van der Waals surface area contributed by atoms with E-state index < -0.39 is 0 Å². The van der Waals surface area contributed by atoms with E-state index in [-0.39, 0.29) is 17.3 Å². The maximum absolute atomic E-state index is 12.6. The van der Waals surface area contributed by atoms with E-state index in [1.807, 2.05) is 43.4 Å². The largest absolute Gasteiger partial charge is 0.295 e. The van der Waals surface area contributed by atoms with Crippen molar-refractivity contribution in [2.75, 3.05) is 0 Å². The smallest absolute Gasteiger partial charge is 0.160 e. The summed E-state index contributed by atoms with van der Waals surface area (Å²) in [6, 6.07) is 0. The zero-order chi connectivity index (χ0) is 23.8. The molecule has 0 aromatic rings. The van der Waals surface area contributed by atoms with E-state index in [0.717, 1.165) is 79.2 Å². The number of hydrogen-bond donors (Lipinski definition) is 0. The Labute approximate surface area is 198 Å². The lowest BCUT2D eigenvalue weighted by Crippen LogP contribution is -2.10. The van der Waals surface area contributed by atoms with E-state index in [0.29, 0.717) is 12.3 Å². The standard InChI is InChI=1S/C30H36O3/c1-21(22(2)31)27-14-8-7-12-26(16-27)20-30(23(3)32)28-15-9-13-25(17-28)19-29(33)18-24-10-5-4-6-11-24/h5-6,9-11,15,17-18,26H,4,7-8,12-14,16,19-20H2,1-3H3/b27-21-,30-28+. The van der Waals surface area contributed by atoms with Crippen molar-refractivity contribution in [1.29, 1.82) is 0 Å². The number of carbonyl (C=O) groups is 3. The van der Waals surface area contributed by atoms with E-state index in [1.165, 1.54) is 5.57 Å². The Kier molecular flexibility index (Phi) is 8.94. The summed E-state index contributed by atoms with van der Waals surface area (Å²) in [5.74, 6) is 0.699. The van der Waals surface area contributed by atoms with Crippen LogP contribution in [0.3, 0.4) is 0 Å². The lowest BCUT2D eigenvalue weighted by Gasteiger charge is -2.20. The summed E-state index contributed by atoms with van der Waals surface area (Å²) in [5.41, 5.74) is 5.94. The van der Waals surface area contributed by atoms with Gasteiger partial charge in [0.1, 0.15) is 0 Å². The van der Waals surface area contributed by atoms with Crippen molar-refractivity contribution in [2.24, 2.45) is 5.92 Å². The van der Waals surface area contributed by atoms with Gasteiger partial charge in [0.15, 0.2) is 17.3 Å². The van der Waals surface area contributed by atoms with Crippen LogP contribution in [0.1, 0.15) is 78.6 Å². The van der Waals surface area contributed by atoms with Crippen molar-refractivity contribution in [3.8, 4) is 0 Å². The van der Waals surface area contributed by atoms with Gasteiger partial charge in [0.2, 0.25) is 0 Å². The Morgan fingerprint density at radius 3 is 2.42 bits per heavy atom. The number of carbonyl (C=O) groups excluding carboxylic acids is 3. The van der Waals surface area contributed by atoms with Crippen molar-refractivity contribution in [3.63, 3.8) is 0 Å². The fraction of sp³-hybridized carbons (Fsp3) is 0.433. The molecule has 0 spiro atoms. The molecule has 0 aromatic carbocycles. The third kappa shape index (κ3) is 7.35. The highest BCUT2D eigenvalue weighted by molar-refractivity contribution is 5.96. The number of ketones is 3. The quantitative estimate of drug-likeness (QED) is 0.313. The van der Waals surface area contributed by atoms with E-state index in [1.54, 1.807) is 19.9 Å². The van der Waals surface area contributed by atoms with Crippen molar-refractivity contribution >= 4 is 17.3 Å². The molecule has 174 valence electrons. The van der Waals surface area contributed by atoms with Gasteiger partial charge in [-0.15, -0.1) is 0 Å². The minimum atomic E-state index is 0.0877. The van der Waals surface area contributed by atoms with Crippen molar-refractivity contribution in [1.82, 2.24) is 0 Å². The van der Waals surface area contributed by atoms with Crippen LogP contribution in [0.25, 0.3) is 0 Å². The maximum Gasteiger partial charge on any atom is 0.160 e. The molecule has 3 nitrogen and oxygen atoms in total. The van der Waals surface area contributed by atoms with Crippen LogP contribution in [0.2, 0.25) is 0 Å². The molecule has 3 heteroatoms. The Balaban J connectivity index is 1.79. The second-order valence-electron chi connectivity index (χ2n) is 9.53. The van der Waals surface area contributed by atoms with Crippen molar-refractivity contribution < 1.29 is 14.4 Å². The molecule has 3 aliphatic rings. The summed E-state index contributed by atoms with van der Waals surface area (Å²) in [5, 5.41) is 0. The molecule has 1 fully saturated rings. The molecule has 0 saturated heterocycles. The minimum absolute atomic E-state index is 0.0877. The lowest BCUT2D eigenvalue weighted by molar-refractivity contribution is -0.114. The van der Waals surface area contributed by atoms with Crippen molar-refractivity contribution in [2.45, 2.75) is 78.6 Å². The van der Waals surface area contributed by atoms with Gasteiger partial charge in [0.05, 0.1) is 0 Å². The van der Waals surface area contributed by atoms with Crippen LogP contribution < -0.4 is 0 Å². The van der Waals surface area contributed by atoms with Gasteiger partial charge in [0, 0.05) is 12.0 Å². The Morgan fingerprint density at radius 2 is 1.73 bits per heavy atom. The molecule has 0 radical (unpaired) electrons. The number of hydrogen-bond acceptors (Lipinski definition) is 3. The first-order valence-corrected chi connectivity index (χ1v) is 12.2. The lowest BCUT2D eigenvalue weighted by atomic mass is 9.84. The SMILES string of the molecule is CC(=O)/C(C)=C1/CCCCC(C/C(C(C)=O)=C2/C=CCC(CC(=O)C=C3C=CCC=C3)=C2)C1. The first kappa shape index (κ1) is 24.8. The zero-order valence-corrected chi connectivity index (χ0v) is 20.3. The van der Waals surface area contributed by atoms with Crippen molar-refractivity contribution in [3.05, 3.63) is 82.0 Å². The van der Waals surface area contributed by atoms with Gasteiger partial charge in [-0.05, 0) is 94.4 Å². The molecular formula is C30H36O3. The summed E-state index contributed by atoms with van der Waals surface area (Å²) in [7, 11) is 0. The van der Waals surface area contributed by atoms with E-state index in [4.69, 9.17) is 0 Å². The topological polar surface area (TPSA) is 51.2 Å². The van der Waals surface area contributed by atoms with Gasteiger partial charge < -0.3 is 0 Å². The summed E-state index contributed by atoms with van der Waals surface area (Å²) < 4.78 is 0. The van der Waals surface area contributed by atoms with Gasteiger partial charge in [-0.3, -0.25) is 14.4 Å². The number of rotatable bonds is 7. The average Bonchev–Trinajstić information content (AvgIpc) is 3.03. The molecule has 3 rings (SSSR count). The fourth-order valence-corrected chi connectivity index (χ4v) is 4.92.